The van der Waals surface area contributed by atoms with Gasteiger partial charge in [-0.3, -0.25) is 13.8 Å². The lowest BCUT2D eigenvalue weighted by atomic mass is 10.0. The van der Waals surface area contributed by atoms with Gasteiger partial charge in [-0.1, -0.05) is 206 Å². The third-order valence-electron chi connectivity index (χ3n) is 10.3. The van der Waals surface area contributed by atoms with Crippen molar-refractivity contribution >= 4 is 13.7 Å². The summed E-state index contributed by atoms with van der Waals surface area (Å²) in [6.07, 6.45) is 37.1. The smallest absolute Gasteiger partial charge is 0.393 e. The van der Waals surface area contributed by atoms with Crippen molar-refractivity contribution in [2.24, 2.45) is 5.73 Å². The Labute approximate surface area is 321 Å². The van der Waals surface area contributed by atoms with Gasteiger partial charge in [-0.15, -0.1) is 0 Å². The lowest BCUT2D eigenvalue weighted by Gasteiger charge is -2.25. The molecule has 0 aromatic rings. The summed E-state index contributed by atoms with van der Waals surface area (Å²) in [4.78, 5) is 22.8. The minimum Gasteiger partial charge on any atom is -0.393 e. The van der Waals surface area contributed by atoms with E-state index >= 15 is 0 Å². The van der Waals surface area contributed by atoms with Gasteiger partial charge in [-0.2, -0.15) is 0 Å². The quantitative estimate of drug-likeness (QED) is 0.0304. The number of hydrogen-bond donors (Lipinski definition) is 5. The van der Waals surface area contributed by atoms with Gasteiger partial charge in [0, 0.05) is 6.54 Å². The van der Waals surface area contributed by atoms with Crippen LogP contribution >= 0.6 is 7.82 Å². The number of carbonyl (C=O) groups is 1. The highest BCUT2D eigenvalue weighted by Crippen LogP contribution is 2.43. The molecule has 0 aliphatic heterocycles. The van der Waals surface area contributed by atoms with Crippen LogP contribution in [0.3, 0.4) is 0 Å². The fourth-order valence-corrected chi connectivity index (χ4v) is 7.65. The fraction of sp³-hybridized carbons (Fsp3) is 0.976. The van der Waals surface area contributed by atoms with Gasteiger partial charge >= 0.3 is 7.82 Å². The number of amides is 1. The molecule has 312 valence electrons. The SMILES string of the molecule is CCCCCCCCCCCCCCCCCCC(O)CC(=O)NC(COP(=O)(O)OCCN)C(O)CCCCCCCCCCCCCCCC. The minimum atomic E-state index is -4.37. The topological polar surface area (TPSA) is 151 Å². The Hall–Kier alpha value is -0.540. The molecule has 10 heteroatoms. The van der Waals surface area contributed by atoms with Crippen LogP contribution in [0.25, 0.3) is 0 Å². The maximum absolute atomic E-state index is 12.8. The molecule has 4 atom stereocenters. The van der Waals surface area contributed by atoms with E-state index in [9.17, 15) is 24.5 Å². The largest absolute Gasteiger partial charge is 0.472 e. The van der Waals surface area contributed by atoms with Crippen LogP contribution in [0, 0.1) is 0 Å². The van der Waals surface area contributed by atoms with E-state index in [1.807, 2.05) is 0 Å². The highest BCUT2D eigenvalue weighted by Gasteiger charge is 2.28. The first-order valence-corrected chi connectivity index (χ1v) is 23.7. The normalized spacial score (nSPS) is 14.7. The van der Waals surface area contributed by atoms with Crippen LogP contribution in [0.15, 0.2) is 0 Å². The zero-order valence-electron chi connectivity index (χ0n) is 34.2. The molecule has 4 unspecified atom stereocenters. The molecule has 6 N–H and O–H groups in total. The number of carbonyl (C=O) groups excluding carboxylic acids is 1. The number of nitrogens with two attached hydrogens (primary N) is 1. The first-order valence-electron chi connectivity index (χ1n) is 22.2. The number of unbranched alkanes of at least 4 members (excludes halogenated alkanes) is 28. The van der Waals surface area contributed by atoms with Crippen molar-refractivity contribution in [3.63, 3.8) is 0 Å². The van der Waals surface area contributed by atoms with Crippen LogP contribution in [0.1, 0.15) is 226 Å². The lowest BCUT2D eigenvalue weighted by Crippen LogP contribution is -2.47. The monoisotopic (exact) mass is 763 g/mol. The molecular formula is C42H87N2O7P. The Morgan fingerprint density at radius 2 is 0.923 bits per heavy atom. The number of phosphoric ester groups is 1. The fourth-order valence-electron chi connectivity index (χ4n) is 6.89. The second kappa shape index (κ2) is 38.7. The van der Waals surface area contributed by atoms with Crippen molar-refractivity contribution in [2.45, 2.75) is 244 Å². The van der Waals surface area contributed by atoms with Crippen molar-refractivity contribution < 1.29 is 33.5 Å². The zero-order chi connectivity index (χ0) is 38.4. The molecule has 0 bridgehead atoms. The number of hydrogen-bond acceptors (Lipinski definition) is 7. The van der Waals surface area contributed by atoms with E-state index in [-0.39, 0.29) is 26.2 Å². The number of phosphoric acid groups is 1. The number of rotatable bonds is 42. The standard InChI is InChI=1S/C42H87N2O7P/c1-3-5-7-9-11-13-15-17-19-20-21-23-25-27-29-31-33-39(45)37-42(47)44-40(38-51-52(48,49)50-36-35-43)41(46)34-32-30-28-26-24-22-18-16-14-12-10-8-6-4-2/h39-41,45-46H,3-38,43H2,1-2H3,(H,44,47)(H,48,49). The average Bonchev–Trinajstić information content (AvgIpc) is 3.12. The summed E-state index contributed by atoms with van der Waals surface area (Å²) in [5.41, 5.74) is 5.37. The van der Waals surface area contributed by atoms with Crippen molar-refractivity contribution in [1.82, 2.24) is 5.32 Å². The predicted octanol–water partition coefficient (Wildman–Crippen LogP) is 11.2. The highest BCUT2D eigenvalue weighted by molar-refractivity contribution is 7.47. The van der Waals surface area contributed by atoms with Crippen LogP contribution < -0.4 is 11.1 Å². The van der Waals surface area contributed by atoms with Crippen molar-refractivity contribution in [1.29, 1.82) is 0 Å². The van der Waals surface area contributed by atoms with E-state index in [1.54, 1.807) is 0 Å². The molecule has 9 nitrogen and oxygen atoms in total. The Balaban J connectivity index is 4.22. The van der Waals surface area contributed by atoms with Gasteiger partial charge in [0.25, 0.3) is 0 Å². The summed E-state index contributed by atoms with van der Waals surface area (Å²) in [6.45, 7) is 4.07. The molecule has 0 fully saturated rings. The Morgan fingerprint density at radius 1 is 0.577 bits per heavy atom. The molecule has 1 amide bonds. The summed E-state index contributed by atoms with van der Waals surface area (Å²) in [7, 11) is -4.37. The summed E-state index contributed by atoms with van der Waals surface area (Å²) < 4.78 is 22.1. The molecule has 0 aliphatic rings. The van der Waals surface area contributed by atoms with E-state index in [4.69, 9.17) is 14.8 Å². The maximum atomic E-state index is 12.8. The van der Waals surface area contributed by atoms with Gasteiger partial charge in [0.1, 0.15) is 0 Å². The molecule has 0 saturated heterocycles. The summed E-state index contributed by atoms with van der Waals surface area (Å²) in [5, 5.41) is 24.2. The van der Waals surface area contributed by atoms with Gasteiger partial charge in [0.2, 0.25) is 5.91 Å². The van der Waals surface area contributed by atoms with Crippen molar-refractivity contribution in [2.75, 3.05) is 19.8 Å². The number of nitrogens with one attached hydrogen (secondary N) is 1. The van der Waals surface area contributed by atoms with Crippen LogP contribution in [0.2, 0.25) is 0 Å². The van der Waals surface area contributed by atoms with Gasteiger partial charge in [0.15, 0.2) is 0 Å². The highest BCUT2D eigenvalue weighted by atomic mass is 31.2. The predicted molar refractivity (Wildman–Crippen MR) is 218 cm³/mol. The van der Waals surface area contributed by atoms with Crippen molar-refractivity contribution in [3.8, 4) is 0 Å². The Kier molecular flexibility index (Phi) is 38.3. The molecule has 0 aromatic heterocycles. The molecule has 0 heterocycles. The Morgan fingerprint density at radius 3 is 1.29 bits per heavy atom. The molecule has 0 spiro atoms. The first-order chi connectivity index (χ1) is 25.3. The first kappa shape index (κ1) is 51.5. The average molecular weight is 763 g/mol. The third-order valence-corrected chi connectivity index (χ3v) is 11.2. The molecular weight excluding hydrogens is 675 g/mol. The molecule has 0 aliphatic carbocycles. The van der Waals surface area contributed by atoms with Crippen LogP contribution in [0.5, 0.6) is 0 Å². The summed E-state index contributed by atoms with van der Waals surface area (Å²) in [6, 6.07) is -0.890. The van der Waals surface area contributed by atoms with Gasteiger partial charge in [0.05, 0.1) is 37.9 Å². The van der Waals surface area contributed by atoms with Crippen LogP contribution in [0.4, 0.5) is 0 Å². The lowest BCUT2D eigenvalue weighted by molar-refractivity contribution is -0.125. The van der Waals surface area contributed by atoms with E-state index in [2.05, 4.69) is 19.2 Å². The number of aliphatic hydroxyl groups excluding tert-OH is 2. The van der Waals surface area contributed by atoms with E-state index < -0.39 is 32.0 Å². The zero-order valence-corrected chi connectivity index (χ0v) is 35.1. The molecule has 0 rings (SSSR count). The third kappa shape index (κ3) is 36.4. The second-order valence-electron chi connectivity index (χ2n) is 15.5. The van der Waals surface area contributed by atoms with E-state index in [0.29, 0.717) is 12.8 Å². The number of aliphatic hydroxyl groups is 2. The van der Waals surface area contributed by atoms with Gasteiger partial charge < -0.3 is 26.2 Å². The maximum Gasteiger partial charge on any atom is 0.472 e. The van der Waals surface area contributed by atoms with Crippen molar-refractivity contribution in [3.05, 3.63) is 0 Å². The second-order valence-corrected chi connectivity index (χ2v) is 16.9. The van der Waals surface area contributed by atoms with Gasteiger partial charge in [-0.05, 0) is 12.8 Å². The van der Waals surface area contributed by atoms with Crippen LogP contribution in [-0.4, -0.2) is 59.0 Å². The Bertz CT molecular complexity index is 806. The van der Waals surface area contributed by atoms with Gasteiger partial charge in [-0.25, -0.2) is 4.57 Å². The van der Waals surface area contributed by atoms with E-state index in [1.165, 1.54) is 154 Å². The van der Waals surface area contributed by atoms with E-state index in [0.717, 1.165) is 38.5 Å². The molecule has 0 aromatic carbocycles. The minimum absolute atomic E-state index is 0.0626. The van der Waals surface area contributed by atoms with Crippen LogP contribution in [-0.2, 0) is 18.4 Å². The molecule has 0 saturated carbocycles. The summed E-state index contributed by atoms with van der Waals surface area (Å²) >= 11 is 0. The summed E-state index contributed by atoms with van der Waals surface area (Å²) in [5.74, 6) is -0.409. The molecule has 0 radical (unpaired) electrons. The molecule has 52 heavy (non-hydrogen) atoms.